The van der Waals surface area contributed by atoms with Crippen LogP contribution in [0.2, 0.25) is 0 Å². The number of carbonyl (C=O) groups excluding carboxylic acids is 1. The summed E-state index contributed by atoms with van der Waals surface area (Å²) in [6.07, 6.45) is 0.815. The van der Waals surface area contributed by atoms with Gasteiger partial charge in [-0.3, -0.25) is 9.11 Å². The van der Waals surface area contributed by atoms with Crippen molar-refractivity contribution in [2.45, 2.75) is 31.6 Å². The number of anilines is 1. The zero-order valence-electron chi connectivity index (χ0n) is 16.5. The molecule has 2 fully saturated rings. The number of carbonyl (C=O) groups is 1. The monoisotopic (exact) mass is 392 g/mol. The molecule has 2 aliphatic heterocycles. The van der Waals surface area contributed by atoms with Gasteiger partial charge >= 0.3 is 6.03 Å². The van der Waals surface area contributed by atoms with E-state index < -0.39 is 10.8 Å². The molecule has 1 aromatic rings. The van der Waals surface area contributed by atoms with Gasteiger partial charge in [0.25, 0.3) is 0 Å². The van der Waals surface area contributed by atoms with Gasteiger partial charge in [-0.05, 0) is 25.5 Å². The van der Waals surface area contributed by atoms with E-state index in [2.05, 4.69) is 46.3 Å². The molecule has 3 atom stereocenters. The number of piperazine rings is 1. The number of benzene rings is 1. The van der Waals surface area contributed by atoms with Crippen LogP contribution in [0.1, 0.15) is 20.3 Å². The summed E-state index contributed by atoms with van der Waals surface area (Å²) >= 11 is 0. The summed E-state index contributed by atoms with van der Waals surface area (Å²) < 4.78 is 11.9. The van der Waals surface area contributed by atoms with Gasteiger partial charge in [0, 0.05) is 79.3 Å². The molecule has 0 aromatic heterocycles. The molecule has 1 aromatic carbocycles. The fraction of sp³-hybridized carbons (Fsp3) is 0.650. The molecule has 0 aliphatic carbocycles. The first-order valence-electron chi connectivity index (χ1n) is 9.98. The summed E-state index contributed by atoms with van der Waals surface area (Å²) in [5.74, 6) is 0.588. The zero-order chi connectivity index (χ0) is 19.2. The van der Waals surface area contributed by atoms with Crippen molar-refractivity contribution in [3.8, 4) is 0 Å². The third kappa shape index (κ3) is 5.69. The van der Waals surface area contributed by atoms with Crippen LogP contribution in [0.25, 0.3) is 0 Å². The molecule has 7 heteroatoms. The smallest absolute Gasteiger partial charge is 0.317 e. The maximum absolute atomic E-state index is 12.5. The second-order valence-electron chi connectivity index (χ2n) is 7.64. The normalized spacial score (nSPS) is 25.7. The lowest BCUT2D eigenvalue weighted by Crippen LogP contribution is -2.52. The number of para-hydroxylation sites is 1. The average molecular weight is 393 g/mol. The van der Waals surface area contributed by atoms with Crippen LogP contribution in [0, 0.1) is 0 Å². The van der Waals surface area contributed by atoms with E-state index in [1.54, 1.807) is 0 Å². The molecule has 2 amide bonds. The fourth-order valence-electron chi connectivity index (χ4n) is 3.75. The van der Waals surface area contributed by atoms with E-state index in [4.69, 9.17) is 0 Å². The first-order chi connectivity index (χ1) is 13.0. The highest BCUT2D eigenvalue weighted by Crippen LogP contribution is 2.15. The van der Waals surface area contributed by atoms with Gasteiger partial charge < -0.3 is 15.1 Å². The van der Waals surface area contributed by atoms with Crippen LogP contribution < -0.4 is 10.2 Å². The average Bonchev–Trinajstić information content (AvgIpc) is 2.84. The number of hydrogen-bond acceptors (Lipinski definition) is 4. The molecule has 0 spiro atoms. The highest BCUT2D eigenvalue weighted by Gasteiger charge is 2.24. The second-order valence-corrected chi connectivity index (χ2v) is 9.62. The van der Waals surface area contributed by atoms with E-state index in [9.17, 15) is 9.00 Å². The van der Waals surface area contributed by atoms with E-state index in [0.717, 1.165) is 39.1 Å². The van der Waals surface area contributed by atoms with Crippen molar-refractivity contribution < 1.29 is 9.00 Å². The topological polar surface area (TPSA) is 55.9 Å². The van der Waals surface area contributed by atoms with Gasteiger partial charge in [0.05, 0.1) is 0 Å². The highest BCUT2D eigenvalue weighted by atomic mass is 32.2. The lowest BCUT2D eigenvalue weighted by atomic mass is 10.2. The molecule has 0 bridgehead atoms. The molecule has 2 heterocycles. The summed E-state index contributed by atoms with van der Waals surface area (Å²) in [5.41, 5.74) is 1.28. The third-order valence-electron chi connectivity index (χ3n) is 5.50. The van der Waals surface area contributed by atoms with Crippen LogP contribution in [-0.4, -0.2) is 82.9 Å². The first kappa shape index (κ1) is 20.1. The maximum Gasteiger partial charge on any atom is 0.317 e. The van der Waals surface area contributed by atoms with Gasteiger partial charge in [0.2, 0.25) is 0 Å². The Hall–Kier alpha value is -1.60. The fourth-order valence-corrected chi connectivity index (χ4v) is 4.92. The van der Waals surface area contributed by atoms with Crippen molar-refractivity contribution in [3.63, 3.8) is 0 Å². The summed E-state index contributed by atoms with van der Waals surface area (Å²) in [6, 6.07) is 10.6. The largest absolute Gasteiger partial charge is 0.369 e. The molecule has 0 unspecified atom stereocenters. The van der Waals surface area contributed by atoms with Gasteiger partial charge in [0.15, 0.2) is 0 Å². The second kappa shape index (κ2) is 9.55. The molecule has 3 rings (SSSR count). The maximum atomic E-state index is 12.5. The highest BCUT2D eigenvalue weighted by molar-refractivity contribution is 7.85. The minimum atomic E-state index is -0.812. The Morgan fingerprint density at radius 2 is 1.85 bits per heavy atom. The lowest BCUT2D eigenvalue weighted by molar-refractivity contribution is 0.188. The Bertz CT molecular complexity index is 634. The third-order valence-corrected chi connectivity index (χ3v) is 7.22. The van der Waals surface area contributed by atoms with Gasteiger partial charge in [-0.15, -0.1) is 0 Å². The standard InChI is InChI=1S/C20H32N4O2S/c1-17(21-20(25)24-9-8-18(2)27(26)15-14-24)16-22-10-12-23(13-11-22)19-6-4-3-5-7-19/h3-7,17-18H,8-16H2,1-2H3,(H,21,25)/t17-,18+,27+/m1/s1. The zero-order valence-corrected chi connectivity index (χ0v) is 17.3. The van der Waals surface area contributed by atoms with Crippen LogP contribution in [0.4, 0.5) is 10.5 Å². The minimum absolute atomic E-state index is 0.0171. The number of urea groups is 1. The number of amides is 2. The van der Waals surface area contributed by atoms with Crippen LogP contribution in [0.15, 0.2) is 30.3 Å². The van der Waals surface area contributed by atoms with E-state index in [1.165, 1.54) is 5.69 Å². The number of hydrogen-bond donors (Lipinski definition) is 1. The van der Waals surface area contributed by atoms with Gasteiger partial charge in [-0.2, -0.15) is 0 Å². The predicted octanol–water partition coefficient (Wildman–Crippen LogP) is 1.75. The molecule has 27 heavy (non-hydrogen) atoms. The Morgan fingerprint density at radius 1 is 1.15 bits per heavy atom. The Labute approximate surface area is 165 Å². The van der Waals surface area contributed by atoms with Gasteiger partial charge in [-0.1, -0.05) is 25.1 Å². The quantitative estimate of drug-likeness (QED) is 0.848. The van der Waals surface area contributed by atoms with Crippen molar-refractivity contribution in [3.05, 3.63) is 30.3 Å². The summed E-state index contributed by atoms with van der Waals surface area (Å²) in [6.45, 7) is 10.3. The van der Waals surface area contributed by atoms with Gasteiger partial charge in [-0.25, -0.2) is 4.79 Å². The predicted molar refractivity (Wildman–Crippen MR) is 112 cm³/mol. The van der Waals surface area contributed by atoms with E-state index >= 15 is 0 Å². The molecule has 1 N–H and O–H groups in total. The van der Waals surface area contributed by atoms with Crippen LogP contribution in [-0.2, 0) is 10.8 Å². The molecular weight excluding hydrogens is 360 g/mol. The number of nitrogens with zero attached hydrogens (tertiary/aromatic N) is 3. The number of rotatable bonds is 4. The van der Waals surface area contributed by atoms with Crippen LogP contribution >= 0.6 is 0 Å². The molecule has 0 radical (unpaired) electrons. The molecule has 2 saturated heterocycles. The summed E-state index contributed by atoms with van der Waals surface area (Å²) in [4.78, 5) is 19.2. The van der Waals surface area contributed by atoms with Crippen molar-refractivity contribution in [1.82, 2.24) is 15.1 Å². The van der Waals surface area contributed by atoms with Gasteiger partial charge in [0.1, 0.15) is 0 Å². The van der Waals surface area contributed by atoms with Crippen LogP contribution in [0.5, 0.6) is 0 Å². The van der Waals surface area contributed by atoms with Crippen molar-refractivity contribution in [1.29, 1.82) is 0 Å². The summed E-state index contributed by atoms with van der Waals surface area (Å²) in [7, 11) is -0.812. The van der Waals surface area contributed by atoms with Crippen molar-refractivity contribution >= 4 is 22.5 Å². The Morgan fingerprint density at radius 3 is 2.56 bits per heavy atom. The molecule has 150 valence electrons. The van der Waals surface area contributed by atoms with Crippen molar-refractivity contribution in [2.24, 2.45) is 0 Å². The van der Waals surface area contributed by atoms with Crippen molar-refractivity contribution in [2.75, 3.05) is 56.5 Å². The SMILES string of the molecule is C[C@H](CN1CCN(c2ccccc2)CC1)NC(=O)N1CC[C@H](C)[S@@](=O)CC1. The molecule has 6 nitrogen and oxygen atoms in total. The molecular formula is C20H32N4O2S. The van der Waals surface area contributed by atoms with E-state index in [-0.39, 0.29) is 17.3 Å². The Kier molecular flexibility index (Phi) is 7.13. The molecule has 2 aliphatic rings. The first-order valence-corrected chi connectivity index (χ1v) is 11.4. The van der Waals surface area contributed by atoms with E-state index in [1.807, 2.05) is 17.9 Å². The number of nitrogens with one attached hydrogen (secondary N) is 1. The van der Waals surface area contributed by atoms with E-state index in [0.29, 0.717) is 18.8 Å². The molecule has 0 saturated carbocycles. The minimum Gasteiger partial charge on any atom is -0.369 e. The summed E-state index contributed by atoms with van der Waals surface area (Å²) in [5, 5.41) is 3.31. The van der Waals surface area contributed by atoms with Crippen LogP contribution in [0.3, 0.4) is 0 Å². The Balaban J connectivity index is 1.41. The lowest BCUT2D eigenvalue weighted by Gasteiger charge is -2.37.